The summed E-state index contributed by atoms with van der Waals surface area (Å²) >= 11 is 0. The van der Waals surface area contributed by atoms with Crippen molar-refractivity contribution in [3.05, 3.63) is 35.9 Å². The summed E-state index contributed by atoms with van der Waals surface area (Å²) in [6.45, 7) is 5.64. The van der Waals surface area contributed by atoms with Gasteiger partial charge in [0.15, 0.2) is 0 Å². The average Bonchev–Trinajstić information content (AvgIpc) is 2.44. The number of unbranched alkanes of at least 4 members (excludes halogenated alkanes) is 1. The maximum Gasteiger partial charge on any atom is 0.0626 e. The lowest BCUT2D eigenvalue weighted by Gasteiger charge is -2.21. The molecule has 0 heterocycles. The van der Waals surface area contributed by atoms with Crippen molar-refractivity contribution in [2.24, 2.45) is 5.92 Å². The summed E-state index contributed by atoms with van der Waals surface area (Å²) in [7, 11) is 0. The molecule has 0 fully saturated rings. The van der Waals surface area contributed by atoms with Crippen molar-refractivity contribution in [2.45, 2.75) is 45.6 Å². The SMILES string of the molecule is CCCCC(CC)CNC(CO)c1ccccc1. The molecule has 0 spiro atoms. The van der Waals surface area contributed by atoms with Gasteiger partial charge in [0.2, 0.25) is 0 Å². The second-order valence-corrected chi connectivity index (χ2v) is 4.97. The van der Waals surface area contributed by atoms with Crippen LogP contribution in [-0.4, -0.2) is 18.3 Å². The molecule has 0 radical (unpaired) electrons. The van der Waals surface area contributed by atoms with Crippen LogP contribution in [0.25, 0.3) is 0 Å². The summed E-state index contributed by atoms with van der Waals surface area (Å²) < 4.78 is 0. The molecule has 0 saturated heterocycles. The van der Waals surface area contributed by atoms with Gasteiger partial charge in [-0.15, -0.1) is 0 Å². The van der Waals surface area contributed by atoms with Crippen LogP contribution < -0.4 is 5.32 Å². The fourth-order valence-electron chi connectivity index (χ4n) is 2.23. The Bertz CT molecular complexity index is 299. The Morgan fingerprint density at radius 2 is 1.89 bits per heavy atom. The van der Waals surface area contributed by atoms with Gasteiger partial charge in [-0.05, 0) is 24.4 Å². The summed E-state index contributed by atoms with van der Waals surface area (Å²) in [5.74, 6) is 0.725. The van der Waals surface area contributed by atoms with E-state index in [1.54, 1.807) is 0 Å². The zero-order valence-electron chi connectivity index (χ0n) is 11.7. The first-order chi connectivity index (χ1) is 8.81. The van der Waals surface area contributed by atoms with Crippen LogP contribution in [0.5, 0.6) is 0 Å². The molecule has 2 atom stereocenters. The van der Waals surface area contributed by atoms with Gasteiger partial charge in [-0.25, -0.2) is 0 Å². The van der Waals surface area contributed by atoms with Gasteiger partial charge in [-0.2, -0.15) is 0 Å². The first kappa shape index (κ1) is 15.2. The number of hydrogen-bond donors (Lipinski definition) is 2. The van der Waals surface area contributed by atoms with E-state index in [1.165, 1.54) is 31.2 Å². The second kappa shape index (κ2) is 9.12. The lowest BCUT2D eigenvalue weighted by atomic mass is 9.98. The normalized spacial score (nSPS) is 14.4. The Hall–Kier alpha value is -0.860. The highest BCUT2D eigenvalue weighted by molar-refractivity contribution is 5.18. The van der Waals surface area contributed by atoms with E-state index in [9.17, 15) is 5.11 Å². The molecule has 2 unspecified atom stereocenters. The number of rotatable bonds is 9. The van der Waals surface area contributed by atoms with Gasteiger partial charge >= 0.3 is 0 Å². The maximum atomic E-state index is 9.48. The van der Waals surface area contributed by atoms with Crippen LogP contribution in [0.2, 0.25) is 0 Å². The summed E-state index contributed by atoms with van der Waals surface area (Å²) in [6, 6.07) is 10.3. The van der Waals surface area contributed by atoms with Crippen molar-refractivity contribution in [1.82, 2.24) is 5.32 Å². The fraction of sp³-hybridized carbons (Fsp3) is 0.625. The molecule has 1 aromatic rings. The molecule has 2 N–H and O–H groups in total. The van der Waals surface area contributed by atoms with Crippen molar-refractivity contribution in [1.29, 1.82) is 0 Å². The second-order valence-electron chi connectivity index (χ2n) is 4.97. The van der Waals surface area contributed by atoms with E-state index in [4.69, 9.17) is 0 Å². The number of hydrogen-bond acceptors (Lipinski definition) is 2. The minimum Gasteiger partial charge on any atom is -0.394 e. The van der Waals surface area contributed by atoms with Crippen LogP contribution in [-0.2, 0) is 0 Å². The zero-order valence-corrected chi connectivity index (χ0v) is 11.7. The maximum absolute atomic E-state index is 9.48. The third-order valence-electron chi connectivity index (χ3n) is 3.58. The van der Waals surface area contributed by atoms with Crippen LogP contribution in [0.1, 0.15) is 51.1 Å². The average molecular weight is 249 g/mol. The van der Waals surface area contributed by atoms with Crippen LogP contribution >= 0.6 is 0 Å². The molecule has 0 saturated carbocycles. The van der Waals surface area contributed by atoms with Crippen molar-refractivity contribution in [2.75, 3.05) is 13.2 Å². The van der Waals surface area contributed by atoms with E-state index in [1.807, 2.05) is 18.2 Å². The van der Waals surface area contributed by atoms with Crippen LogP contribution in [0.4, 0.5) is 0 Å². The third kappa shape index (κ3) is 5.19. The van der Waals surface area contributed by atoms with E-state index < -0.39 is 0 Å². The molecule has 0 aliphatic carbocycles. The molecule has 0 aliphatic heterocycles. The number of nitrogens with one attached hydrogen (secondary N) is 1. The van der Waals surface area contributed by atoms with E-state index in [0.717, 1.165) is 12.5 Å². The number of benzene rings is 1. The minimum atomic E-state index is 0.0712. The van der Waals surface area contributed by atoms with E-state index >= 15 is 0 Å². The van der Waals surface area contributed by atoms with E-state index in [0.29, 0.717) is 0 Å². The van der Waals surface area contributed by atoms with Gasteiger partial charge in [0.1, 0.15) is 0 Å². The molecular weight excluding hydrogens is 222 g/mol. The summed E-state index contributed by atoms with van der Waals surface area (Å²) in [5, 5.41) is 13.0. The molecule has 0 bridgehead atoms. The summed E-state index contributed by atoms with van der Waals surface area (Å²) in [5.41, 5.74) is 1.17. The van der Waals surface area contributed by atoms with Crippen molar-refractivity contribution in [3.8, 4) is 0 Å². The molecule has 1 rings (SSSR count). The largest absolute Gasteiger partial charge is 0.394 e. The highest BCUT2D eigenvalue weighted by Gasteiger charge is 2.12. The Morgan fingerprint density at radius 1 is 1.17 bits per heavy atom. The highest BCUT2D eigenvalue weighted by atomic mass is 16.3. The van der Waals surface area contributed by atoms with Gasteiger partial charge in [0, 0.05) is 0 Å². The predicted octanol–water partition coefficient (Wildman–Crippen LogP) is 3.53. The van der Waals surface area contributed by atoms with Gasteiger partial charge in [0.05, 0.1) is 12.6 Å². The topological polar surface area (TPSA) is 32.3 Å². The fourth-order valence-corrected chi connectivity index (χ4v) is 2.23. The van der Waals surface area contributed by atoms with Crippen molar-refractivity contribution >= 4 is 0 Å². The number of aliphatic hydroxyl groups is 1. The highest BCUT2D eigenvalue weighted by Crippen LogP contribution is 2.15. The third-order valence-corrected chi connectivity index (χ3v) is 3.58. The predicted molar refractivity (Wildman–Crippen MR) is 77.6 cm³/mol. The molecule has 2 nitrogen and oxygen atoms in total. The Balaban J connectivity index is 2.43. The molecule has 2 heteroatoms. The van der Waals surface area contributed by atoms with Gasteiger partial charge in [-0.3, -0.25) is 0 Å². The lowest BCUT2D eigenvalue weighted by Crippen LogP contribution is -2.29. The molecule has 1 aromatic carbocycles. The molecule has 0 aliphatic rings. The number of aliphatic hydroxyl groups excluding tert-OH is 1. The van der Waals surface area contributed by atoms with E-state index in [-0.39, 0.29) is 12.6 Å². The first-order valence-electron chi connectivity index (χ1n) is 7.21. The zero-order chi connectivity index (χ0) is 13.2. The van der Waals surface area contributed by atoms with Crippen LogP contribution in [0, 0.1) is 5.92 Å². The Labute approximate surface area is 111 Å². The first-order valence-corrected chi connectivity index (χ1v) is 7.21. The minimum absolute atomic E-state index is 0.0712. The van der Waals surface area contributed by atoms with Gasteiger partial charge < -0.3 is 10.4 Å². The monoisotopic (exact) mass is 249 g/mol. The Kier molecular flexibility index (Phi) is 7.70. The molecule has 102 valence electrons. The molecular formula is C16H27NO. The van der Waals surface area contributed by atoms with Crippen molar-refractivity contribution < 1.29 is 5.11 Å². The summed E-state index contributed by atoms with van der Waals surface area (Å²) in [6.07, 6.45) is 5.06. The van der Waals surface area contributed by atoms with Crippen molar-refractivity contribution in [3.63, 3.8) is 0 Å². The van der Waals surface area contributed by atoms with E-state index in [2.05, 4.69) is 31.3 Å². The summed E-state index contributed by atoms with van der Waals surface area (Å²) in [4.78, 5) is 0. The lowest BCUT2D eigenvalue weighted by molar-refractivity contribution is 0.236. The van der Waals surface area contributed by atoms with Crippen LogP contribution in [0.15, 0.2) is 30.3 Å². The molecule has 0 aromatic heterocycles. The molecule has 0 amide bonds. The quantitative estimate of drug-likeness (QED) is 0.702. The van der Waals surface area contributed by atoms with Crippen LogP contribution in [0.3, 0.4) is 0 Å². The molecule has 18 heavy (non-hydrogen) atoms. The smallest absolute Gasteiger partial charge is 0.0626 e. The standard InChI is InChI=1S/C16H27NO/c1-3-5-9-14(4-2)12-17-16(13-18)15-10-7-6-8-11-15/h6-8,10-11,14,16-18H,3-5,9,12-13H2,1-2H3. The van der Waals surface area contributed by atoms with Gasteiger partial charge in [0.25, 0.3) is 0 Å². The Morgan fingerprint density at radius 3 is 2.44 bits per heavy atom. The van der Waals surface area contributed by atoms with Gasteiger partial charge in [-0.1, -0.05) is 63.4 Å².